The molecule has 0 aliphatic heterocycles. The van der Waals surface area contributed by atoms with Crippen LogP contribution in [0, 0.1) is 10.1 Å². The average molecular weight is 506 g/mol. The van der Waals surface area contributed by atoms with Crippen molar-refractivity contribution in [2.24, 2.45) is 5.10 Å². The van der Waals surface area contributed by atoms with Gasteiger partial charge in [0.2, 0.25) is 0 Å². The van der Waals surface area contributed by atoms with Gasteiger partial charge in [0.25, 0.3) is 17.5 Å². The molecule has 1 heterocycles. The third-order valence-corrected chi connectivity index (χ3v) is 5.36. The zero-order chi connectivity index (χ0) is 26.7. The van der Waals surface area contributed by atoms with E-state index < -0.39 is 16.7 Å². The zero-order valence-corrected chi connectivity index (χ0v) is 20.1. The lowest BCUT2D eigenvalue weighted by atomic mass is 10.2. The molecule has 2 amide bonds. The first-order chi connectivity index (χ1) is 18.5. The normalized spacial score (nSPS) is 11.5. The van der Waals surface area contributed by atoms with Gasteiger partial charge in [0.05, 0.1) is 16.8 Å². The Bertz CT molecular complexity index is 1510. The average Bonchev–Trinajstić information content (AvgIpc) is 3.42. The van der Waals surface area contributed by atoms with E-state index in [0.29, 0.717) is 16.9 Å². The number of hydrogen-bond acceptors (Lipinski definition) is 5. The smallest absolute Gasteiger partial charge is 0.287 e. The van der Waals surface area contributed by atoms with Crippen LogP contribution >= 0.6 is 0 Å². The maximum absolute atomic E-state index is 12.9. The van der Waals surface area contributed by atoms with E-state index in [0.717, 1.165) is 5.56 Å². The van der Waals surface area contributed by atoms with Gasteiger partial charge in [-0.3, -0.25) is 19.7 Å². The minimum atomic E-state index is -0.614. The summed E-state index contributed by atoms with van der Waals surface area (Å²) in [5.74, 6) is -1.05. The molecule has 3 aromatic carbocycles. The molecule has 38 heavy (non-hydrogen) atoms. The van der Waals surface area contributed by atoms with Gasteiger partial charge in [0, 0.05) is 29.6 Å². The Kier molecular flexibility index (Phi) is 8.33. The van der Waals surface area contributed by atoms with Crippen LogP contribution in [-0.4, -0.2) is 27.5 Å². The van der Waals surface area contributed by atoms with E-state index in [1.807, 2.05) is 36.4 Å². The van der Waals surface area contributed by atoms with E-state index in [9.17, 15) is 19.7 Å². The molecule has 0 fully saturated rings. The second-order valence-corrected chi connectivity index (χ2v) is 7.95. The first-order valence-corrected chi connectivity index (χ1v) is 11.6. The van der Waals surface area contributed by atoms with Crippen LogP contribution in [0.5, 0.6) is 0 Å². The molecule has 1 aromatic heterocycles. The molecular formula is C29H23N5O4. The number of nitro benzene ring substituents is 1. The number of carbonyl (C=O) groups is 2. The Morgan fingerprint density at radius 2 is 1.55 bits per heavy atom. The number of hydrogen-bond donors (Lipinski definition) is 2. The maximum atomic E-state index is 12.9. The fraction of sp³-hybridized carbons (Fsp3) is 0. The first-order valence-electron chi connectivity index (χ1n) is 11.6. The highest BCUT2D eigenvalue weighted by atomic mass is 16.6. The topological polar surface area (TPSA) is 119 Å². The van der Waals surface area contributed by atoms with Crippen molar-refractivity contribution in [3.63, 3.8) is 0 Å². The quantitative estimate of drug-likeness (QED) is 0.111. The van der Waals surface area contributed by atoms with Crippen LogP contribution in [-0.2, 0) is 4.79 Å². The van der Waals surface area contributed by atoms with Crippen molar-refractivity contribution >= 4 is 29.8 Å². The molecule has 0 bridgehead atoms. The highest BCUT2D eigenvalue weighted by Crippen LogP contribution is 2.17. The highest BCUT2D eigenvalue weighted by Gasteiger charge is 2.13. The van der Waals surface area contributed by atoms with Crippen LogP contribution < -0.4 is 10.7 Å². The van der Waals surface area contributed by atoms with Crippen molar-refractivity contribution < 1.29 is 14.5 Å². The van der Waals surface area contributed by atoms with Crippen LogP contribution in [0.1, 0.15) is 21.6 Å². The van der Waals surface area contributed by atoms with Gasteiger partial charge in [-0.15, -0.1) is 0 Å². The van der Waals surface area contributed by atoms with Crippen molar-refractivity contribution in [1.82, 2.24) is 15.3 Å². The van der Waals surface area contributed by atoms with Gasteiger partial charge < -0.3 is 9.88 Å². The Hall–Kier alpha value is -5.57. The predicted molar refractivity (Wildman–Crippen MR) is 146 cm³/mol. The predicted octanol–water partition coefficient (Wildman–Crippen LogP) is 4.86. The molecule has 0 unspecified atom stereocenters. The van der Waals surface area contributed by atoms with E-state index in [2.05, 4.69) is 15.8 Å². The zero-order valence-electron chi connectivity index (χ0n) is 20.1. The number of carbonyl (C=O) groups excluding carboxylic acids is 2. The van der Waals surface area contributed by atoms with Crippen molar-refractivity contribution in [3.8, 4) is 5.69 Å². The number of hydrazone groups is 1. The minimum Gasteiger partial charge on any atom is -0.317 e. The molecule has 9 nitrogen and oxygen atoms in total. The van der Waals surface area contributed by atoms with E-state index in [-0.39, 0.29) is 11.4 Å². The highest BCUT2D eigenvalue weighted by molar-refractivity contribution is 6.03. The fourth-order valence-electron chi connectivity index (χ4n) is 3.46. The third-order valence-electron chi connectivity index (χ3n) is 5.36. The molecule has 0 spiro atoms. The summed E-state index contributed by atoms with van der Waals surface area (Å²) in [5.41, 5.74) is 5.09. The second-order valence-electron chi connectivity index (χ2n) is 7.95. The summed E-state index contributed by atoms with van der Waals surface area (Å²) in [6, 6.07) is 27.7. The summed E-state index contributed by atoms with van der Waals surface area (Å²) in [5, 5.41) is 17.6. The van der Waals surface area contributed by atoms with Crippen LogP contribution in [0.4, 0.5) is 5.69 Å². The van der Waals surface area contributed by atoms with Crippen molar-refractivity contribution in [3.05, 3.63) is 148 Å². The van der Waals surface area contributed by atoms with Gasteiger partial charge in [-0.2, -0.15) is 5.10 Å². The molecule has 4 aromatic rings. The molecule has 0 radical (unpaired) electrons. The summed E-state index contributed by atoms with van der Waals surface area (Å²) in [4.78, 5) is 36.1. The number of non-ortho nitro benzene ring substituents is 1. The van der Waals surface area contributed by atoms with Gasteiger partial charge in [-0.25, -0.2) is 5.43 Å². The molecule has 9 heteroatoms. The lowest BCUT2D eigenvalue weighted by Gasteiger charge is -2.09. The van der Waals surface area contributed by atoms with Gasteiger partial charge in [0.15, 0.2) is 0 Å². The van der Waals surface area contributed by atoms with Crippen LogP contribution in [0.2, 0.25) is 0 Å². The lowest BCUT2D eigenvalue weighted by molar-refractivity contribution is -0.384. The molecule has 4 rings (SSSR count). The molecule has 0 saturated carbocycles. The molecule has 0 aliphatic carbocycles. The number of aromatic nitrogens is 1. The molecule has 0 atom stereocenters. The Morgan fingerprint density at radius 3 is 2.24 bits per heavy atom. The van der Waals surface area contributed by atoms with Gasteiger partial charge in [0.1, 0.15) is 5.70 Å². The van der Waals surface area contributed by atoms with E-state index >= 15 is 0 Å². The summed E-state index contributed by atoms with van der Waals surface area (Å²) < 4.78 is 1.76. The van der Waals surface area contributed by atoms with Gasteiger partial charge >= 0.3 is 0 Å². The Labute approximate surface area is 218 Å². The number of rotatable bonds is 9. The molecule has 0 aliphatic rings. The largest absolute Gasteiger partial charge is 0.317 e. The molecule has 188 valence electrons. The minimum absolute atomic E-state index is 0.00827. The first kappa shape index (κ1) is 25.5. The summed E-state index contributed by atoms with van der Waals surface area (Å²) in [7, 11) is 0. The molecular weight excluding hydrogens is 482 g/mol. The van der Waals surface area contributed by atoms with E-state index in [1.54, 1.807) is 71.4 Å². The third kappa shape index (κ3) is 6.76. The Balaban J connectivity index is 1.49. The number of benzene rings is 3. The van der Waals surface area contributed by atoms with Crippen molar-refractivity contribution in [2.75, 3.05) is 0 Å². The van der Waals surface area contributed by atoms with Crippen molar-refractivity contribution in [1.29, 1.82) is 0 Å². The summed E-state index contributed by atoms with van der Waals surface area (Å²) >= 11 is 0. The number of amides is 2. The van der Waals surface area contributed by atoms with E-state index in [4.69, 9.17) is 0 Å². The number of nitrogens with zero attached hydrogens (tertiary/aromatic N) is 3. The fourth-order valence-corrected chi connectivity index (χ4v) is 3.46. The molecule has 2 N–H and O–H groups in total. The second kappa shape index (κ2) is 12.4. The monoisotopic (exact) mass is 505 g/mol. The number of nitro groups is 1. The standard InChI is InChI=1S/C29H23N5O4/c35-28(23-12-5-2-6-13-23)31-27(15-7-11-22-9-3-1-4-10-22)29(36)32-30-21-26-14-8-20-33(26)24-16-18-25(19-17-24)34(37)38/h1-21H,(H,31,35)(H,32,36). The van der Waals surface area contributed by atoms with Crippen molar-refractivity contribution in [2.45, 2.75) is 0 Å². The number of nitrogens with one attached hydrogen (secondary N) is 2. The Morgan fingerprint density at radius 1 is 0.868 bits per heavy atom. The van der Waals surface area contributed by atoms with Gasteiger partial charge in [-0.1, -0.05) is 60.7 Å². The summed E-state index contributed by atoms with van der Waals surface area (Å²) in [6.07, 6.45) is 8.18. The van der Waals surface area contributed by atoms with Gasteiger partial charge in [-0.05, 0) is 48.0 Å². The maximum Gasteiger partial charge on any atom is 0.287 e. The lowest BCUT2D eigenvalue weighted by Crippen LogP contribution is -2.32. The van der Waals surface area contributed by atoms with Crippen LogP contribution in [0.25, 0.3) is 11.8 Å². The number of allylic oxidation sites excluding steroid dienone is 2. The van der Waals surface area contributed by atoms with E-state index in [1.165, 1.54) is 24.4 Å². The molecule has 0 saturated heterocycles. The van der Waals surface area contributed by atoms with Crippen LogP contribution in [0.3, 0.4) is 0 Å². The summed E-state index contributed by atoms with van der Waals surface area (Å²) in [6.45, 7) is 0. The SMILES string of the molecule is O=C(NN=Cc1cccn1-c1ccc([N+](=O)[O-])cc1)C(=CC=Cc1ccccc1)NC(=O)c1ccccc1. The van der Waals surface area contributed by atoms with Crippen LogP contribution in [0.15, 0.2) is 126 Å².